The van der Waals surface area contributed by atoms with Gasteiger partial charge in [0.2, 0.25) is 0 Å². The molecule has 118 valence electrons. The fraction of sp³-hybridized carbons (Fsp3) is 0.235. The van der Waals surface area contributed by atoms with Gasteiger partial charge < -0.3 is 15.2 Å². The van der Waals surface area contributed by atoms with Crippen LogP contribution in [0.4, 0.5) is 0 Å². The summed E-state index contributed by atoms with van der Waals surface area (Å²) in [6.45, 7) is 0. The molecule has 1 aliphatic carbocycles. The quantitative estimate of drug-likeness (QED) is 0.647. The van der Waals surface area contributed by atoms with Gasteiger partial charge >= 0.3 is 5.97 Å². The van der Waals surface area contributed by atoms with Crippen LogP contribution in [0.25, 0.3) is 22.0 Å². The SMILES string of the molecule is O=C(O)c1c[nH]c2cc(Cl)c(-c3csc(C4(O)CCC4)c3)cc12. The summed E-state index contributed by atoms with van der Waals surface area (Å²) in [5, 5.41) is 22.9. The number of carbonyl (C=O) groups is 1. The highest BCUT2D eigenvalue weighted by Gasteiger charge is 2.37. The number of rotatable bonds is 3. The van der Waals surface area contributed by atoms with E-state index in [2.05, 4.69) is 4.98 Å². The van der Waals surface area contributed by atoms with Crippen LogP contribution in [0.5, 0.6) is 0 Å². The number of hydrogen-bond donors (Lipinski definition) is 3. The number of aromatic amines is 1. The van der Waals surface area contributed by atoms with Gasteiger partial charge in [0.1, 0.15) is 0 Å². The number of aliphatic hydroxyl groups is 1. The fourth-order valence-corrected chi connectivity index (χ4v) is 4.36. The number of aromatic nitrogens is 1. The third-order valence-electron chi connectivity index (χ3n) is 4.55. The van der Waals surface area contributed by atoms with Gasteiger partial charge in [0, 0.05) is 27.5 Å². The molecule has 6 heteroatoms. The molecule has 3 aromatic rings. The zero-order valence-corrected chi connectivity index (χ0v) is 13.7. The Morgan fingerprint density at radius 1 is 1.30 bits per heavy atom. The van der Waals surface area contributed by atoms with E-state index in [4.69, 9.17) is 11.6 Å². The predicted octanol–water partition coefficient (Wildman–Crippen LogP) is 4.62. The molecule has 1 saturated carbocycles. The van der Waals surface area contributed by atoms with Crippen molar-refractivity contribution in [3.8, 4) is 11.1 Å². The van der Waals surface area contributed by atoms with Crippen molar-refractivity contribution in [2.24, 2.45) is 0 Å². The lowest BCUT2D eigenvalue weighted by Crippen LogP contribution is -2.32. The van der Waals surface area contributed by atoms with E-state index < -0.39 is 11.6 Å². The van der Waals surface area contributed by atoms with Crippen LogP contribution in [-0.4, -0.2) is 21.2 Å². The van der Waals surface area contributed by atoms with Crippen molar-refractivity contribution < 1.29 is 15.0 Å². The molecule has 2 aromatic heterocycles. The first-order valence-electron chi connectivity index (χ1n) is 7.34. The minimum Gasteiger partial charge on any atom is -0.478 e. The topological polar surface area (TPSA) is 73.3 Å². The van der Waals surface area contributed by atoms with Crippen molar-refractivity contribution in [3.63, 3.8) is 0 Å². The largest absolute Gasteiger partial charge is 0.478 e. The van der Waals surface area contributed by atoms with E-state index in [0.717, 1.165) is 35.3 Å². The molecule has 4 rings (SSSR count). The highest BCUT2D eigenvalue weighted by molar-refractivity contribution is 7.10. The van der Waals surface area contributed by atoms with E-state index >= 15 is 0 Å². The smallest absolute Gasteiger partial charge is 0.337 e. The van der Waals surface area contributed by atoms with Crippen molar-refractivity contribution in [2.75, 3.05) is 0 Å². The first kappa shape index (κ1) is 14.8. The van der Waals surface area contributed by atoms with Crippen LogP contribution in [0.3, 0.4) is 0 Å². The van der Waals surface area contributed by atoms with Gasteiger partial charge in [-0.15, -0.1) is 11.3 Å². The Bertz CT molecular complexity index is 923. The van der Waals surface area contributed by atoms with Gasteiger partial charge in [0.05, 0.1) is 16.2 Å². The maximum atomic E-state index is 11.3. The summed E-state index contributed by atoms with van der Waals surface area (Å²) in [5.41, 5.74) is 1.93. The zero-order valence-electron chi connectivity index (χ0n) is 12.1. The molecule has 0 atom stereocenters. The minimum atomic E-state index is -0.973. The Kier molecular flexibility index (Phi) is 3.27. The molecular weight excluding hydrogens is 334 g/mol. The molecule has 0 spiro atoms. The van der Waals surface area contributed by atoms with Gasteiger partial charge in [0.25, 0.3) is 0 Å². The average Bonchev–Trinajstić information content (AvgIpc) is 3.10. The van der Waals surface area contributed by atoms with Gasteiger partial charge in [-0.05, 0) is 48.4 Å². The maximum absolute atomic E-state index is 11.3. The molecule has 0 radical (unpaired) electrons. The van der Waals surface area contributed by atoms with Gasteiger partial charge in [-0.3, -0.25) is 0 Å². The molecule has 0 aliphatic heterocycles. The van der Waals surface area contributed by atoms with Crippen molar-refractivity contribution in [1.29, 1.82) is 0 Å². The molecule has 0 unspecified atom stereocenters. The van der Waals surface area contributed by atoms with Gasteiger partial charge in [-0.25, -0.2) is 4.79 Å². The number of halogens is 1. The molecule has 0 amide bonds. The van der Waals surface area contributed by atoms with E-state index in [0.29, 0.717) is 15.9 Å². The monoisotopic (exact) mass is 347 g/mol. The molecule has 2 heterocycles. The number of H-pyrrole nitrogens is 1. The second-order valence-corrected chi connectivity index (χ2v) is 7.29. The maximum Gasteiger partial charge on any atom is 0.337 e. The number of fused-ring (bicyclic) bond motifs is 1. The van der Waals surface area contributed by atoms with Crippen LogP contribution in [0.1, 0.15) is 34.5 Å². The molecule has 23 heavy (non-hydrogen) atoms. The van der Waals surface area contributed by atoms with E-state index in [9.17, 15) is 15.0 Å². The second kappa shape index (κ2) is 5.09. The molecule has 1 fully saturated rings. The van der Waals surface area contributed by atoms with E-state index in [1.807, 2.05) is 11.4 Å². The lowest BCUT2D eigenvalue weighted by Gasteiger charge is -2.35. The van der Waals surface area contributed by atoms with Gasteiger partial charge in [0.15, 0.2) is 0 Å². The first-order valence-corrected chi connectivity index (χ1v) is 8.59. The molecule has 4 nitrogen and oxygen atoms in total. The third kappa shape index (κ3) is 2.27. The molecule has 1 aromatic carbocycles. The summed E-state index contributed by atoms with van der Waals surface area (Å²) in [6.07, 6.45) is 4.10. The Balaban J connectivity index is 1.83. The summed E-state index contributed by atoms with van der Waals surface area (Å²) in [5.74, 6) is -0.973. The average molecular weight is 348 g/mol. The van der Waals surface area contributed by atoms with Crippen LogP contribution >= 0.6 is 22.9 Å². The van der Waals surface area contributed by atoms with Crippen LogP contribution in [-0.2, 0) is 5.60 Å². The number of aromatic carboxylic acids is 1. The Labute approximate surface area is 141 Å². The van der Waals surface area contributed by atoms with Crippen molar-refractivity contribution in [1.82, 2.24) is 4.98 Å². The standard InChI is InChI=1S/C17H14ClNO3S/c18-13-6-14-11(12(7-19-14)16(20)21)5-10(13)9-4-15(23-8-9)17(22)2-1-3-17/h4-8,19,22H,1-3H2,(H,20,21). The Morgan fingerprint density at radius 3 is 2.74 bits per heavy atom. The molecular formula is C17H14ClNO3S. The number of hydrogen-bond acceptors (Lipinski definition) is 3. The predicted molar refractivity (Wildman–Crippen MR) is 91.3 cm³/mol. The Hall–Kier alpha value is -1.82. The normalized spacial score (nSPS) is 16.4. The Morgan fingerprint density at radius 2 is 2.09 bits per heavy atom. The minimum absolute atomic E-state index is 0.228. The molecule has 3 N–H and O–H groups in total. The first-order chi connectivity index (χ1) is 11.0. The van der Waals surface area contributed by atoms with Crippen LogP contribution in [0.2, 0.25) is 5.02 Å². The number of carboxylic acids is 1. The number of thiophene rings is 1. The van der Waals surface area contributed by atoms with Crippen molar-refractivity contribution in [2.45, 2.75) is 24.9 Å². The summed E-state index contributed by atoms with van der Waals surface area (Å²) in [4.78, 5) is 15.2. The van der Waals surface area contributed by atoms with Gasteiger partial charge in [-0.1, -0.05) is 11.6 Å². The number of benzene rings is 1. The van der Waals surface area contributed by atoms with Crippen LogP contribution < -0.4 is 0 Å². The zero-order chi connectivity index (χ0) is 16.2. The summed E-state index contributed by atoms with van der Waals surface area (Å²) >= 11 is 7.89. The van der Waals surface area contributed by atoms with E-state index in [-0.39, 0.29) is 5.56 Å². The lowest BCUT2D eigenvalue weighted by atomic mass is 9.79. The molecule has 0 saturated heterocycles. The van der Waals surface area contributed by atoms with Crippen LogP contribution in [0, 0.1) is 0 Å². The highest BCUT2D eigenvalue weighted by Crippen LogP contribution is 2.45. The van der Waals surface area contributed by atoms with Gasteiger partial charge in [-0.2, -0.15) is 0 Å². The molecule has 1 aliphatic rings. The lowest BCUT2D eigenvalue weighted by molar-refractivity contribution is -0.0354. The third-order valence-corrected chi connectivity index (χ3v) is 5.99. The fourth-order valence-electron chi connectivity index (χ4n) is 3.02. The van der Waals surface area contributed by atoms with E-state index in [1.165, 1.54) is 17.5 Å². The number of nitrogens with one attached hydrogen (secondary N) is 1. The van der Waals surface area contributed by atoms with Crippen LogP contribution in [0.15, 0.2) is 29.8 Å². The molecule has 0 bridgehead atoms. The number of carboxylic acid groups (broad SMARTS) is 1. The second-order valence-electron chi connectivity index (χ2n) is 5.97. The summed E-state index contributed by atoms with van der Waals surface area (Å²) in [7, 11) is 0. The van der Waals surface area contributed by atoms with Crippen molar-refractivity contribution >= 4 is 39.8 Å². The summed E-state index contributed by atoms with van der Waals surface area (Å²) < 4.78 is 0. The van der Waals surface area contributed by atoms with E-state index in [1.54, 1.807) is 12.1 Å². The van der Waals surface area contributed by atoms with Crippen molar-refractivity contribution in [3.05, 3.63) is 45.2 Å². The summed E-state index contributed by atoms with van der Waals surface area (Å²) in [6, 6.07) is 5.51. The highest BCUT2D eigenvalue weighted by atomic mass is 35.5.